The molecule has 0 atom stereocenters. The number of benzene rings is 1. The van der Waals surface area contributed by atoms with E-state index < -0.39 is 0 Å². The minimum atomic E-state index is 0.0503. The number of nitrogens with two attached hydrogens (primary N) is 1. The molecule has 1 rings (SSSR count). The van der Waals surface area contributed by atoms with Gasteiger partial charge < -0.3 is 21.5 Å². The third-order valence-electron chi connectivity index (χ3n) is 1.63. The second-order valence-corrected chi connectivity index (χ2v) is 3.17. The van der Waals surface area contributed by atoms with Crippen LogP contribution in [0.1, 0.15) is 6.92 Å². The normalized spacial score (nSPS) is 9.50. The van der Waals surface area contributed by atoms with Gasteiger partial charge in [0.2, 0.25) is 0 Å². The predicted molar refractivity (Wildman–Crippen MR) is 62.4 cm³/mol. The number of anilines is 2. The molecule has 0 bridgehead atoms. The Bertz CT molecular complexity index is 341. The van der Waals surface area contributed by atoms with E-state index in [1.165, 1.54) is 6.07 Å². The highest BCUT2D eigenvalue weighted by Gasteiger charge is 1.99. The summed E-state index contributed by atoms with van der Waals surface area (Å²) >= 11 is 4.98. The molecule has 76 valence electrons. The molecule has 5 heteroatoms. The average molecular weight is 211 g/mol. The zero-order chi connectivity index (χ0) is 10.6. The number of phenolic OH excluding ortho intramolecular Hbond substituents is 1. The molecule has 0 saturated heterocycles. The third-order valence-corrected chi connectivity index (χ3v) is 1.87. The summed E-state index contributed by atoms with van der Waals surface area (Å²) in [5.74, 6) is 0.0503. The molecule has 0 aliphatic heterocycles. The van der Waals surface area contributed by atoms with E-state index in [-0.39, 0.29) is 5.75 Å². The first-order chi connectivity index (χ1) is 6.63. The molecule has 0 aliphatic rings. The standard InChI is InChI=1S/C9H13N3OS/c1-2-11-9(14)12-6-3-4-7(10)8(13)5-6/h3-5,13H,2,10H2,1H3,(H2,11,12,14). The molecule has 4 nitrogen and oxygen atoms in total. The maximum atomic E-state index is 9.31. The number of phenols is 1. The molecule has 0 saturated carbocycles. The van der Waals surface area contributed by atoms with Gasteiger partial charge in [-0.05, 0) is 31.3 Å². The zero-order valence-corrected chi connectivity index (χ0v) is 8.69. The first kappa shape index (κ1) is 10.6. The fourth-order valence-electron chi connectivity index (χ4n) is 0.957. The van der Waals surface area contributed by atoms with Crippen LogP contribution in [-0.2, 0) is 0 Å². The number of aromatic hydroxyl groups is 1. The molecule has 0 radical (unpaired) electrons. The van der Waals surface area contributed by atoms with Crippen LogP contribution in [0.4, 0.5) is 11.4 Å². The van der Waals surface area contributed by atoms with E-state index in [2.05, 4.69) is 10.6 Å². The van der Waals surface area contributed by atoms with Gasteiger partial charge in [-0.15, -0.1) is 0 Å². The number of nitrogens with one attached hydrogen (secondary N) is 2. The van der Waals surface area contributed by atoms with Crippen LogP contribution in [0.5, 0.6) is 5.75 Å². The number of hydrogen-bond donors (Lipinski definition) is 4. The average Bonchev–Trinajstić information content (AvgIpc) is 2.12. The number of nitrogen functional groups attached to an aromatic ring is 1. The van der Waals surface area contributed by atoms with Crippen molar-refractivity contribution in [1.29, 1.82) is 0 Å². The zero-order valence-electron chi connectivity index (χ0n) is 7.87. The lowest BCUT2D eigenvalue weighted by molar-refractivity contribution is 0.478. The SMILES string of the molecule is CCNC(=S)Nc1ccc(N)c(O)c1. The Labute approximate surface area is 88.1 Å². The molecule has 1 aromatic rings. The van der Waals surface area contributed by atoms with Crippen LogP contribution in [0.25, 0.3) is 0 Å². The molecule has 1 aromatic carbocycles. The third kappa shape index (κ3) is 2.77. The first-order valence-corrected chi connectivity index (χ1v) is 4.67. The summed E-state index contributed by atoms with van der Waals surface area (Å²) in [4.78, 5) is 0. The second kappa shape index (κ2) is 4.66. The Hall–Kier alpha value is -1.49. The van der Waals surface area contributed by atoms with Crippen molar-refractivity contribution < 1.29 is 5.11 Å². The van der Waals surface area contributed by atoms with Crippen LogP contribution >= 0.6 is 12.2 Å². The maximum Gasteiger partial charge on any atom is 0.170 e. The van der Waals surface area contributed by atoms with Crippen LogP contribution in [0.15, 0.2) is 18.2 Å². The Morgan fingerprint density at radius 1 is 1.57 bits per heavy atom. The molecule has 0 heterocycles. The van der Waals surface area contributed by atoms with E-state index in [0.29, 0.717) is 16.5 Å². The molecule has 0 spiro atoms. The lowest BCUT2D eigenvalue weighted by atomic mass is 10.2. The Kier molecular flexibility index (Phi) is 3.53. The summed E-state index contributed by atoms with van der Waals surface area (Å²) in [5, 5.41) is 15.7. The molecule has 0 unspecified atom stereocenters. The smallest absolute Gasteiger partial charge is 0.170 e. The summed E-state index contributed by atoms with van der Waals surface area (Å²) in [6, 6.07) is 4.89. The highest BCUT2D eigenvalue weighted by molar-refractivity contribution is 7.80. The van der Waals surface area contributed by atoms with Gasteiger partial charge in [0.05, 0.1) is 5.69 Å². The Morgan fingerprint density at radius 2 is 2.29 bits per heavy atom. The minimum Gasteiger partial charge on any atom is -0.506 e. The Balaban J connectivity index is 2.68. The van der Waals surface area contributed by atoms with Crippen molar-refractivity contribution in [3.8, 4) is 5.75 Å². The topological polar surface area (TPSA) is 70.3 Å². The molecule has 14 heavy (non-hydrogen) atoms. The van der Waals surface area contributed by atoms with E-state index in [1.807, 2.05) is 6.92 Å². The van der Waals surface area contributed by atoms with Gasteiger partial charge >= 0.3 is 0 Å². The lowest BCUT2D eigenvalue weighted by Gasteiger charge is -2.09. The maximum absolute atomic E-state index is 9.31. The van der Waals surface area contributed by atoms with Crippen LogP contribution in [0.2, 0.25) is 0 Å². The largest absolute Gasteiger partial charge is 0.506 e. The minimum absolute atomic E-state index is 0.0503. The van der Waals surface area contributed by atoms with Crippen molar-refractivity contribution in [2.75, 3.05) is 17.6 Å². The first-order valence-electron chi connectivity index (χ1n) is 4.27. The van der Waals surface area contributed by atoms with Gasteiger partial charge in [0.25, 0.3) is 0 Å². The van der Waals surface area contributed by atoms with Gasteiger partial charge in [-0.1, -0.05) is 0 Å². The Morgan fingerprint density at radius 3 is 2.86 bits per heavy atom. The highest BCUT2D eigenvalue weighted by atomic mass is 32.1. The van der Waals surface area contributed by atoms with Gasteiger partial charge in [-0.2, -0.15) is 0 Å². The van der Waals surface area contributed by atoms with Crippen molar-refractivity contribution in [3.05, 3.63) is 18.2 Å². The monoisotopic (exact) mass is 211 g/mol. The van der Waals surface area contributed by atoms with E-state index in [1.54, 1.807) is 12.1 Å². The summed E-state index contributed by atoms with van der Waals surface area (Å²) in [7, 11) is 0. The molecule has 0 aromatic heterocycles. The van der Waals surface area contributed by atoms with Gasteiger partial charge in [0.15, 0.2) is 5.11 Å². The molecule has 0 fully saturated rings. The number of rotatable bonds is 2. The van der Waals surface area contributed by atoms with E-state index >= 15 is 0 Å². The van der Waals surface area contributed by atoms with Gasteiger partial charge in [-0.3, -0.25) is 0 Å². The van der Waals surface area contributed by atoms with Crippen LogP contribution < -0.4 is 16.4 Å². The van der Waals surface area contributed by atoms with Gasteiger partial charge in [0.1, 0.15) is 5.75 Å². The van der Waals surface area contributed by atoms with Crippen molar-refractivity contribution in [3.63, 3.8) is 0 Å². The summed E-state index contributed by atoms with van der Waals surface area (Å²) in [6.07, 6.45) is 0. The number of thiocarbonyl (C=S) groups is 1. The van der Waals surface area contributed by atoms with E-state index in [4.69, 9.17) is 18.0 Å². The van der Waals surface area contributed by atoms with Crippen LogP contribution in [0, 0.1) is 0 Å². The van der Waals surface area contributed by atoms with Gasteiger partial charge in [0, 0.05) is 18.3 Å². The van der Waals surface area contributed by atoms with Crippen molar-refractivity contribution in [1.82, 2.24) is 5.32 Å². The van der Waals surface area contributed by atoms with Crippen LogP contribution in [-0.4, -0.2) is 16.8 Å². The quantitative estimate of drug-likeness (QED) is 0.337. The van der Waals surface area contributed by atoms with Crippen LogP contribution in [0.3, 0.4) is 0 Å². The summed E-state index contributed by atoms with van der Waals surface area (Å²) in [6.45, 7) is 2.71. The van der Waals surface area contributed by atoms with Crippen molar-refractivity contribution >= 4 is 28.7 Å². The van der Waals surface area contributed by atoms with Gasteiger partial charge in [-0.25, -0.2) is 0 Å². The van der Waals surface area contributed by atoms with Crippen molar-refractivity contribution in [2.24, 2.45) is 0 Å². The predicted octanol–water partition coefficient (Wildman–Crippen LogP) is 1.28. The summed E-state index contributed by atoms with van der Waals surface area (Å²) in [5.41, 5.74) is 6.51. The van der Waals surface area contributed by atoms with E-state index in [9.17, 15) is 5.11 Å². The van der Waals surface area contributed by atoms with E-state index in [0.717, 1.165) is 6.54 Å². The highest BCUT2D eigenvalue weighted by Crippen LogP contribution is 2.23. The number of hydrogen-bond acceptors (Lipinski definition) is 3. The fraction of sp³-hybridized carbons (Fsp3) is 0.222. The second-order valence-electron chi connectivity index (χ2n) is 2.76. The summed E-state index contributed by atoms with van der Waals surface area (Å²) < 4.78 is 0. The molecular weight excluding hydrogens is 198 g/mol. The molecule has 5 N–H and O–H groups in total. The van der Waals surface area contributed by atoms with Crippen molar-refractivity contribution in [2.45, 2.75) is 6.92 Å². The molecular formula is C9H13N3OS. The molecule has 0 aliphatic carbocycles. The molecule has 0 amide bonds. The fourth-order valence-corrected chi connectivity index (χ4v) is 1.22. The lowest BCUT2D eigenvalue weighted by Crippen LogP contribution is -2.27.